The highest BCUT2D eigenvalue weighted by molar-refractivity contribution is 4.34. The van der Waals surface area contributed by atoms with Gasteiger partial charge in [-0.15, -0.1) is 0 Å². The minimum Gasteiger partial charge on any atom is -0.394 e. The quantitative estimate of drug-likeness (QED) is 0.562. The van der Waals surface area contributed by atoms with Crippen LogP contribution in [0.15, 0.2) is 0 Å². The summed E-state index contributed by atoms with van der Waals surface area (Å²) in [4.78, 5) is 0. The molecule has 0 saturated carbocycles. The fraction of sp³-hybridized carbons (Fsp3) is 1.00. The first-order valence-electron chi connectivity index (χ1n) is 3.29. The van der Waals surface area contributed by atoms with Crippen LogP contribution >= 0.6 is 0 Å². The Labute approximate surface area is 57.5 Å². The van der Waals surface area contributed by atoms with Crippen LogP contribution in [-0.2, 0) is 0 Å². The predicted octanol–water partition coefficient (Wildman–Crippen LogP) is 1.02. The molecular formula is C7H18O2. The number of rotatable bonds is 1. The number of aliphatic hydroxyl groups is 2. The van der Waals surface area contributed by atoms with Crippen molar-refractivity contribution < 1.29 is 10.2 Å². The molecule has 1 atom stereocenters. The molecule has 0 aliphatic heterocycles. The molecule has 0 bridgehead atoms. The third kappa shape index (κ3) is 75.3. The van der Waals surface area contributed by atoms with Crippen LogP contribution in [0.25, 0.3) is 0 Å². The van der Waals surface area contributed by atoms with Crippen LogP contribution in [0.4, 0.5) is 0 Å². The molecule has 2 nitrogen and oxygen atoms in total. The Kier molecular flexibility index (Phi) is 10.3. The number of hydrogen-bond donors (Lipinski definition) is 2. The van der Waals surface area contributed by atoms with E-state index in [1.54, 1.807) is 0 Å². The van der Waals surface area contributed by atoms with Crippen molar-refractivity contribution in [1.29, 1.82) is 0 Å². The van der Waals surface area contributed by atoms with Crippen molar-refractivity contribution in [3.05, 3.63) is 0 Å². The van der Waals surface area contributed by atoms with Gasteiger partial charge in [0.25, 0.3) is 0 Å². The van der Waals surface area contributed by atoms with Gasteiger partial charge in [0.05, 0.1) is 12.7 Å². The Bertz CT molecular complexity index is 39.4. The van der Waals surface area contributed by atoms with Crippen LogP contribution in [0.3, 0.4) is 0 Å². The molecule has 0 rings (SSSR count). The molecule has 0 spiro atoms. The molecule has 0 aliphatic rings. The molecule has 9 heavy (non-hydrogen) atoms. The van der Waals surface area contributed by atoms with Gasteiger partial charge in [0.1, 0.15) is 0 Å². The zero-order valence-corrected chi connectivity index (χ0v) is 6.76. The largest absolute Gasteiger partial charge is 0.394 e. The predicted molar refractivity (Wildman–Crippen MR) is 39.3 cm³/mol. The fourth-order valence-electron chi connectivity index (χ4n) is 0. The first-order chi connectivity index (χ1) is 4.00. The Morgan fingerprint density at radius 1 is 1.11 bits per heavy atom. The molecule has 0 aliphatic carbocycles. The van der Waals surface area contributed by atoms with Gasteiger partial charge in [-0.05, 0) is 12.8 Å². The van der Waals surface area contributed by atoms with E-state index >= 15 is 0 Å². The van der Waals surface area contributed by atoms with E-state index in [9.17, 15) is 0 Å². The van der Waals surface area contributed by atoms with E-state index in [1.165, 1.54) is 6.92 Å². The lowest BCUT2D eigenvalue weighted by atomic mass is 10.3. The van der Waals surface area contributed by atoms with E-state index in [-0.39, 0.29) is 6.61 Å². The van der Waals surface area contributed by atoms with Gasteiger partial charge in [-0.1, -0.05) is 20.8 Å². The second kappa shape index (κ2) is 7.92. The molecule has 1 unspecified atom stereocenters. The van der Waals surface area contributed by atoms with Gasteiger partial charge in [-0.2, -0.15) is 0 Å². The normalized spacial score (nSPS) is 12.3. The summed E-state index contributed by atoms with van der Waals surface area (Å²) in [6.07, 6.45) is -0.560. The topological polar surface area (TPSA) is 40.5 Å². The number of hydrogen-bond acceptors (Lipinski definition) is 2. The molecule has 2 N–H and O–H groups in total. The molecule has 2 heteroatoms. The Morgan fingerprint density at radius 3 is 1.22 bits per heavy atom. The van der Waals surface area contributed by atoms with Crippen LogP contribution in [0, 0.1) is 5.92 Å². The molecule has 0 heterocycles. The monoisotopic (exact) mass is 134 g/mol. The lowest BCUT2D eigenvalue weighted by molar-refractivity contribution is 0.110. The van der Waals surface area contributed by atoms with E-state index in [0.717, 1.165) is 5.92 Å². The second-order valence-corrected chi connectivity index (χ2v) is 2.76. The van der Waals surface area contributed by atoms with Gasteiger partial charge < -0.3 is 10.2 Å². The average Bonchev–Trinajstić information content (AvgIpc) is 1.65. The van der Waals surface area contributed by atoms with E-state index < -0.39 is 6.10 Å². The summed E-state index contributed by atoms with van der Waals surface area (Å²) in [6, 6.07) is 0. The Morgan fingerprint density at radius 2 is 1.22 bits per heavy atom. The van der Waals surface area contributed by atoms with Gasteiger partial charge in [0.15, 0.2) is 0 Å². The van der Waals surface area contributed by atoms with Gasteiger partial charge in [-0.3, -0.25) is 0 Å². The zero-order valence-electron chi connectivity index (χ0n) is 6.76. The maximum atomic E-state index is 8.11. The number of aliphatic hydroxyl groups excluding tert-OH is 2. The maximum absolute atomic E-state index is 8.11. The molecule has 0 radical (unpaired) electrons. The molecular weight excluding hydrogens is 116 g/mol. The minimum absolute atomic E-state index is 0.139. The molecule has 0 aromatic carbocycles. The third-order valence-corrected chi connectivity index (χ3v) is 0.264. The zero-order chi connectivity index (χ0) is 7.86. The van der Waals surface area contributed by atoms with Gasteiger partial charge >= 0.3 is 0 Å². The van der Waals surface area contributed by atoms with Crippen LogP contribution in [0.5, 0.6) is 0 Å². The van der Waals surface area contributed by atoms with Crippen molar-refractivity contribution in [1.82, 2.24) is 0 Å². The lowest BCUT2D eigenvalue weighted by Crippen LogP contribution is -2.03. The maximum Gasteiger partial charge on any atom is 0.0742 e. The third-order valence-electron chi connectivity index (χ3n) is 0.264. The van der Waals surface area contributed by atoms with E-state index in [2.05, 4.69) is 20.8 Å². The Balaban J connectivity index is 0. The molecule has 58 valence electrons. The summed E-state index contributed by atoms with van der Waals surface area (Å²) < 4.78 is 0. The van der Waals surface area contributed by atoms with Crippen molar-refractivity contribution in [3.63, 3.8) is 0 Å². The van der Waals surface area contributed by atoms with Gasteiger partial charge in [-0.25, -0.2) is 0 Å². The standard InChI is InChI=1S/C4H10.C3H8O2/c1-4(2)3;1-3(5)2-4/h4H,1-3H3;3-5H,2H2,1H3. The highest BCUT2D eigenvalue weighted by Crippen LogP contribution is 1.81. The highest BCUT2D eigenvalue weighted by Gasteiger charge is 1.83. The molecule has 0 saturated heterocycles. The summed E-state index contributed by atoms with van der Waals surface area (Å²) in [5, 5.41) is 16.0. The summed E-state index contributed by atoms with van der Waals surface area (Å²) in [5.74, 6) is 0.833. The summed E-state index contributed by atoms with van der Waals surface area (Å²) in [5.41, 5.74) is 0. The van der Waals surface area contributed by atoms with Crippen molar-refractivity contribution >= 4 is 0 Å². The van der Waals surface area contributed by atoms with Crippen molar-refractivity contribution in [2.45, 2.75) is 33.8 Å². The van der Waals surface area contributed by atoms with Crippen LogP contribution in [0.1, 0.15) is 27.7 Å². The first-order valence-corrected chi connectivity index (χ1v) is 3.29. The van der Waals surface area contributed by atoms with Crippen LogP contribution < -0.4 is 0 Å². The van der Waals surface area contributed by atoms with E-state index in [1.807, 2.05) is 0 Å². The highest BCUT2D eigenvalue weighted by atomic mass is 16.3. The second-order valence-electron chi connectivity index (χ2n) is 2.76. The molecule has 0 amide bonds. The smallest absolute Gasteiger partial charge is 0.0742 e. The summed E-state index contributed by atoms with van der Waals surface area (Å²) in [6.45, 7) is 7.89. The van der Waals surface area contributed by atoms with Crippen LogP contribution in [-0.4, -0.2) is 22.9 Å². The van der Waals surface area contributed by atoms with Gasteiger partial charge in [0, 0.05) is 0 Å². The van der Waals surface area contributed by atoms with Crippen LogP contribution in [0.2, 0.25) is 0 Å². The minimum atomic E-state index is -0.560. The van der Waals surface area contributed by atoms with Crippen molar-refractivity contribution in [3.8, 4) is 0 Å². The van der Waals surface area contributed by atoms with Gasteiger partial charge in [0.2, 0.25) is 0 Å². The Hall–Kier alpha value is -0.0800. The first kappa shape index (κ1) is 11.7. The lowest BCUT2D eigenvalue weighted by Gasteiger charge is -1.90. The SMILES string of the molecule is CC(C)C.CC(O)CO. The molecule has 0 aromatic rings. The summed E-state index contributed by atoms with van der Waals surface area (Å²) in [7, 11) is 0. The summed E-state index contributed by atoms with van der Waals surface area (Å²) >= 11 is 0. The van der Waals surface area contributed by atoms with E-state index in [4.69, 9.17) is 10.2 Å². The average molecular weight is 134 g/mol. The fourth-order valence-corrected chi connectivity index (χ4v) is 0. The van der Waals surface area contributed by atoms with Crippen molar-refractivity contribution in [2.24, 2.45) is 5.92 Å². The van der Waals surface area contributed by atoms with Crippen molar-refractivity contribution in [2.75, 3.05) is 6.61 Å². The van der Waals surface area contributed by atoms with E-state index in [0.29, 0.717) is 0 Å². The molecule has 0 aromatic heterocycles. The molecule has 0 fully saturated rings.